The van der Waals surface area contributed by atoms with Crippen molar-refractivity contribution in [3.05, 3.63) is 59.7 Å². The Labute approximate surface area is 185 Å². The molecule has 2 aromatic carbocycles. The Morgan fingerprint density at radius 3 is 2.16 bits per heavy atom. The lowest BCUT2D eigenvalue weighted by molar-refractivity contribution is -0.309. The molecule has 0 spiro atoms. The zero-order valence-electron chi connectivity index (χ0n) is 19.5. The fourth-order valence-electron chi connectivity index (χ4n) is 5.38. The molecular formula is C26H34N2O3. The summed E-state index contributed by atoms with van der Waals surface area (Å²) in [6, 6.07) is 15.8. The standard InChI is InChI=1S/C26H34N2O3/c1-18(29)27-22-11-8-7-10-21(22)24(23(27)19-12-14-20(30-6)15-13-19)31-28-25(2,3)16-9-17-26(28,4)5/h7-8,10-15,23-24H,9,16-17H2,1-6H3/t23-,24+/m0/s1. The third kappa shape index (κ3) is 3.85. The van der Waals surface area contributed by atoms with Crippen LogP contribution in [0.3, 0.4) is 0 Å². The lowest BCUT2D eigenvalue weighted by Crippen LogP contribution is -2.58. The Morgan fingerprint density at radius 2 is 1.58 bits per heavy atom. The summed E-state index contributed by atoms with van der Waals surface area (Å²) in [6.07, 6.45) is 3.05. The minimum Gasteiger partial charge on any atom is -0.497 e. The SMILES string of the molecule is COc1ccc([C@H]2[C@H](ON3C(C)(C)CCCC3(C)C)c3ccccc3N2C(C)=O)cc1. The number of hydroxylamine groups is 2. The number of methoxy groups -OCH3 is 1. The highest BCUT2D eigenvalue weighted by molar-refractivity contribution is 5.95. The molecule has 2 aliphatic heterocycles. The Kier molecular flexibility index (Phi) is 5.61. The van der Waals surface area contributed by atoms with Crippen molar-refractivity contribution in [2.75, 3.05) is 12.0 Å². The number of anilines is 1. The average molecular weight is 423 g/mol. The first-order chi connectivity index (χ1) is 14.7. The predicted molar refractivity (Wildman–Crippen MR) is 123 cm³/mol. The van der Waals surface area contributed by atoms with Crippen molar-refractivity contribution in [3.63, 3.8) is 0 Å². The molecule has 0 unspecified atom stereocenters. The van der Waals surface area contributed by atoms with E-state index in [1.165, 1.54) is 6.42 Å². The van der Waals surface area contributed by atoms with Gasteiger partial charge in [0.2, 0.25) is 5.91 Å². The third-order valence-corrected chi connectivity index (χ3v) is 6.76. The van der Waals surface area contributed by atoms with Gasteiger partial charge in [0.25, 0.3) is 0 Å². The van der Waals surface area contributed by atoms with E-state index in [1.54, 1.807) is 14.0 Å². The summed E-state index contributed by atoms with van der Waals surface area (Å²) in [6.45, 7) is 10.6. The van der Waals surface area contributed by atoms with Gasteiger partial charge in [-0.2, -0.15) is 5.06 Å². The van der Waals surface area contributed by atoms with Crippen LogP contribution in [0.25, 0.3) is 0 Å². The fraction of sp³-hybridized carbons (Fsp3) is 0.500. The van der Waals surface area contributed by atoms with Gasteiger partial charge in [-0.15, -0.1) is 0 Å². The van der Waals surface area contributed by atoms with E-state index >= 15 is 0 Å². The molecule has 0 aliphatic carbocycles. The molecule has 0 N–H and O–H groups in total. The number of amides is 1. The van der Waals surface area contributed by atoms with Crippen LogP contribution in [-0.4, -0.2) is 29.2 Å². The number of fused-ring (bicyclic) bond motifs is 1. The van der Waals surface area contributed by atoms with Crippen molar-refractivity contribution in [3.8, 4) is 5.75 Å². The molecule has 2 aromatic rings. The molecule has 1 fully saturated rings. The first kappa shape index (κ1) is 21.8. The van der Waals surface area contributed by atoms with Crippen molar-refractivity contribution >= 4 is 11.6 Å². The van der Waals surface area contributed by atoms with Crippen LogP contribution < -0.4 is 9.64 Å². The van der Waals surface area contributed by atoms with Gasteiger partial charge < -0.3 is 9.64 Å². The maximum atomic E-state index is 12.8. The van der Waals surface area contributed by atoms with Crippen LogP contribution in [0.4, 0.5) is 5.69 Å². The third-order valence-electron chi connectivity index (χ3n) is 6.76. The van der Waals surface area contributed by atoms with Gasteiger partial charge in [0.1, 0.15) is 11.9 Å². The molecule has 5 heteroatoms. The molecule has 166 valence electrons. The molecule has 0 radical (unpaired) electrons. The van der Waals surface area contributed by atoms with Crippen LogP contribution in [-0.2, 0) is 9.63 Å². The molecular weight excluding hydrogens is 388 g/mol. The van der Waals surface area contributed by atoms with Gasteiger partial charge in [0, 0.05) is 23.6 Å². The van der Waals surface area contributed by atoms with Gasteiger partial charge in [-0.3, -0.25) is 9.63 Å². The van der Waals surface area contributed by atoms with Crippen LogP contribution in [0.2, 0.25) is 0 Å². The molecule has 2 atom stereocenters. The van der Waals surface area contributed by atoms with Gasteiger partial charge in [0.05, 0.1) is 18.8 Å². The van der Waals surface area contributed by atoms with E-state index in [9.17, 15) is 4.79 Å². The highest BCUT2D eigenvalue weighted by Crippen LogP contribution is 2.52. The summed E-state index contributed by atoms with van der Waals surface area (Å²) in [5, 5.41) is 2.20. The van der Waals surface area contributed by atoms with Crippen LogP contribution >= 0.6 is 0 Å². The first-order valence-corrected chi connectivity index (χ1v) is 11.2. The second-order valence-corrected chi connectivity index (χ2v) is 9.96. The van der Waals surface area contributed by atoms with Gasteiger partial charge in [0.15, 0.2) is 0 Å². The molecule has 0 saturated carbocycles. The first-order valence-electron chi connectivity index (χ1n) is 11.2. The number of para-hydroxylation sites is 1. The van der Waals surface area contributed by atoms with E-state index in [2.05, 4.69) is 38.8 Å². The van der Waals surface area contributed by atoms with E-state index < -0.39 is 0 Å². The number of carbonyl (C=O) groups is 1. The zero-order chi connectivity index (χ0) is 22.4. The molecule has 5 nitrogen and oxygen atoms in total. The quantitative estimate of drug-likeness (QED) is 0.623. The van der Waals surface area contributed by atoms with E-state index in [4.69, 9.17) is 9.57 Å². The molecule has 0 aromatic heterocycles. The number of rotatable bonds is 4. The Balaban J connectivity index is 1.81. The molecule has 0 bridgehead atoms. The van der Waals surface area contributed by atoms with E-state index in [-0.39, 0.29) is 29.1 Å². The van der Waals surface area contributed by atoms with Crippen LogP contribution in [0.1, 0.15) is 77.2 Å². The molecule has 31 heavy (non-hydrogen) atoms. The topological polar surface area (TPSA) is 42.0 Å². The van der Waals surface area contributed by atoms with Crippen molar-refractivity contribution in [2.45, 2.75) is 77.1 Å². The molecule has 1 saturated heterocycles. The maximum Gasteiger partial charge on any atom is 0.224 e. The van der Waals surface area contributed by atoms with Crippen LogP contribution in [0.5, 0.6) is 5.75 Å². The summed E-state index contributed by atoms with van der Waals surface area (Å²) in [5.41, 5.74) is 2.82. The smallest absolute Gasteiger partial charge is 0.224 e. The van der Waals surface area contributed by atoms with E-state index in [0.29, 0.717) is 0 Å². The number of hydrogen-bond donors (Lipinski definition) is 0. The largest absolute Gasteiger partial charge is 0.497 e. The number of piperidine rings is 1. The van der Waals surface area contributed by atoms with Gasteiger partial charge in [-0.1, -0.05) is 30.3 Å². The van der Waals surface area contributed by atoms with Crippen molar-refractivity contribution in [1.82, 2.24) is 5.06 Å². The highest BCUT2D eigenvalue weighted by Gasteiger charge is 2.49. The maximum absolute atomic E-state index is 12.8. The summed E-state index contributed by atoms with van der Waals surface area (Å²) < 4.78 is 5.35. The lowest BCUT2D eigenvalue weighted by Gasteiger charge is -2.52. The summed E-state index contributed by atoms with van der Waals surface area (Å²) in [5.74, 6) is 0.806. The number of hydrogen-bond acceptors (Lipinski definition) is 4. The summed E-state index contributed by atoms with van der Waals surface area (Å²) >= 11 is 0. The molecule has 2 aliphatic rings. The lowest BCUT2D eigenvalue weighted by atomic mass is 9.82. The number of nitrogens with zero attached hydrogens (tertiary/aromatic N) is 2. The normalized spacial score (nSPS) is 24.6. The molecule has 2 heterocycles. The summed E-state index contributed by atoms with van der Waals surface area (Å²) in [4.78, 5) is 21.6. The Bertz CT molecular complexity index is 935. The summed E-state index contributed by atoms with van der Waals surface area (Å²) in [7, 11) is 1.66. The van der Waals surface area contributed by atoms with E-state index in [0.717, 1.165) is 35.4 Å². The Morgan fingerprint density at radius 1 is 0.968 bits per heavy atom. The van der Waals surface area contributed by atoms with E-state index in [1.807, 2.05) is 47.4 Å². The van der Waals surface area contributed by atoms with Gasteiger partial charge in [-0.25, -0.2) is 0 Å². The highest BCUT2D eigenvalue weighted by atomic mass is 16.7. The minimum atomic E-state index is -0.287. The average Bonchev–Trinajstić information content (AvgIpc) is 3.05. The van der Waals surface area contributed by atoms with Crippen molar-refractivity contribution in [1.29, 1.82) is 0 Å². The minimum absolute atomic E-state index is 0.0107. The second-order valence-electron chi connectivity index (χ2n) is 9.96. The van der Waals surface area contributed by atoms with Crippen LogP contribution in [0.15, 0.2) is 48.5 Å². The van der Waals surface area contributed by atoms with Gasteiger partial charge >= 0.3 is 0 Å². The fourth-order valence-corrected chi connectivity index (χ4v) is 5.38. The zero-order valence-corrected chi connectivity index (χ0v) is 19.5. The van der Waals surface area contributed by atoms with Crippen molar-refractivity contribution < 1.29 is 14.4 Å². The second kappa shape index (κ2) is 7.95. The van der Waals surface area contributed by atoms with Crippen LogP contribution in [0, 0.1) is 0 Å². The Hall–Kier alpha value is -2.37. The number of benzene rings is 2. The molecule has 1 amide bonds. The monoisotopic (exact) mass is 422 g/mol. The van der Waals surface area contributed by atoms with Gasteiger partial charge in [-0.05, 0) is 70.7 Å². The molecule has 4 rings (SSSR count). The number of ether oxygens (including phenoxy) is 1. The predicted octanol–water partition coefficient (Wildman–Crippen LogP) is 5.82. The van der Waals surface area contributed by atoms with Crippen molar-refractivity contribution in [2.24, 2.45) is 0 Å². The number of carbonyl (C=O) groups excluding carboxylic acids is 1.